The Morgan fingerprint density at radius 3 is 2.67 bits per heavy atom. The Hall–Kier alpha value is -3.47. The summed E-state index contributed by atoms with van der Waals surface area (Å²) < 4.78 is 49.4. The molecule has 3 rings (SSSR count). The molecule has 2 aromatic rings. The largest absolute Gasteiger partial charge is 0.496 e. The predicted octanol–water partition coefficient (Wildman–Crippen LogP) is 4.48. The molecule has 0 unspecified atom stereocenters. The number of halogens is 3. The van der Waals surface area contributed by atoms with Gasteiger partial charge < -0.3 is 14.8 Å². The molecule has 5 nitrogen and oxygen atoms in total. The number of hydrogen-bond acceptors (Lipinski definition) is 4. The van der Waals surface area contributed by atoms with Gasteiger partial charge in [0.2, 0.25) is 0 Å². The average molecular weight is 416 g/mol. The second-order valence-corrected chi connectivity index (χ2v) is 6.80. The van der Waals surface area contributed by atoms with Crippen LogP contribution in [0.3, 0.4) is 0 Å². The van der Waals surface area contributed by atoms with Crippen LogP contribution in [0.25, 0.3) is 6.08 Å². The fourth-order valence-electron chi connectivity index (χ4n) is 2.73. The summed E-state index contributed by atoms with van der Waals surface area (Å²) >= 11 is 0. The minimum atomic E-state index is -4.46. The van der Waals surface area contributed by atoms with E-state index in [1.807, 2.05) is 6.07 Å². The van der Waals surface area contributed by atoms with E-state index in [-0.39, 0.29) is 24.0 Å². The van der Waals surface area contributed by atoms with Crippen molar-refractivity contribution >= 4 is 12.0 Å². The van der Waals surface area contributed by atoms with Gasteiger partial charge in [0.25, 0.3) is 5.91 Å². The van der Waals surface area contributed by atoms with Crippen molar-refractivity contribution in [2.45, 2.75) is 31.7 Å². The van der Waals surface area contributed by atoms with Crippen LogP contribution < -0.4 is 14.8 Å². The van der Waals surface area contributed by atoms with Crippen LogP contribution in [0.1, 0.15) is 29.5 Å². The van der Waals surface area contributed by atoms with E-state index >= 15 is 0 Å². The van der Waals surface area contributed by atoms with Gasteiger partial charge in [0.05, 0.1) is 12.7 Å². The van der Waals surface area contributed by atoms with Crippen molar-refractivity contribution in [1.82, 2.24) is 5.32 Å². The van der Waals surface area contributed by atoms with Gasteiger partial charge in [-0.2, -0.15) is 18.4 Å². The molecule has 0 bridgehead atoms. The van der Waals surface area contributed by atoms with Crippen molar-refractivity contribution in [3.8, 4) is 17.6 Å². The van der Waals surface area contributed by atoms with Gasteiger partial charge in [-0.15, -0.1) is 0 Å². The molecule has 2 aromatic carbocycles. The third-order valence-electron chi connectivity index (χ3n) is 4.45. The molecule has 1 fully saturated rings. The first-order valence-electron chi connectivity index (χ1n) is 9.20. The van der Waals surface area contributed by atoms with Crippen molar-refractivity contribution in [3.05, 3.63) is 64.7 Å². The zero-order valence-electron chi connectivity index (χ0n) is 16.1. The average Bonchev–Trinajstić information content (AvgIpc) is 3.54. The Kier molecular flexibility index (Phi) is 6.31. The molecular formula is C22H19F3N2O3. The maximum Gasteiger partial charge on any atom is 0.416 e. The molecule has 0 heterocycles. The van der Waals surface area contributed by atoms with E-state index in [4.69, 9.17) is 9.47 Å². The predicted molar refractivity (Wildman–Crippen MR) is 104 cm³/mol. The van der Waals surface area contributed by atoms with E-state index in [1.54, 1.807) is 18.2 Å². The number of nitrogens with zero attached hydrogens (tertiary/aromatic N) is 1. The molecular weight excluding hydrogens is 397 g/mol. The number of ether oxygens (including phenoxy) is 2. The van der Waals surface area contributed by atoms with Gasteiger partial charge in [0, 0.05) is 11.6 Å². The molecule has 1 amide bonds. The molecule has 0 saturated heterocycles. The van der Waals surface area contributed by atoms with Crippen LogP contribution >= 0.6 is 0 Å². The molecule has 0 aliphatic heterocycles. The summed E-state index contributed by atoms with van der Waals surface area (Å²) in [5.41, 5.74) is 0.297. The lowest BCUT2D eigenvalue weighted by Crippen LogP contribution is -2.26. The van der Waals surface area contributed by atoms with Gasteiger partial charge in [0.15, 0.2) is 0 Å². The SMILES string of the molecule is COc1ccc(C=C(C#N)C(=O)NC2CC2)cc1COc1cccc(C(F)(F)F)c1. The summed E-state index contributed by atoms with van der Waals surface area (Å²) in [6, 6.07) is 11.6. The zero-order valence-corrected chi connectivity index (χ0v) is 16.1. The first kappa shape index (κ1) is 21.2. The van der Waals surface area contributed by atoms with E-state index in [9.17, 15) is 23.2 Å². The van der Waals surface area contributed by atoms with Gasteiger partial charge >= 0.3 is 6.18 Å². The highest BCUT2D eigenvalue weighted by Gasteiger charge is 2.30. The van der Waals surface area contributed by atoms with E-state index in [1.165, 1.54) is 25.3 Å². The molecule has 8 heteroatoms. The molecule has 30 heavy (non-hydrogen) atoms. The highest BCUT2D eigenvalue weighted by Crippen LogP contribution is 2.32. The van der Waals surface area contributed by atoms with Gasteiger partial charge in [0.1, 0.15) is 29.7 Å². The van der Waals surface area contributed by atoms with E-state index in [0.717, 1.165) is 25.0 Å². The van der Waals surface area contributed by atoms with Crippen molar-refractivity contribution in [2.24, 2.45) is 0 Å². The van der Waals surface area contributed by atoms with Crippen LogP contribution in [0.15, 0.2) is 48.0 Å². The fourth-order valence-corrected chi connectivity index (χ4v) is 2.73. The summed E-state index contributed by atoms with van der Waals surface area (Å²) in [4.78, 5) is 12.1. The summed E-state index contributed by atoms with van der Waals surface area (Å²) in [6.45, 7) is -0.0533. The molecule has 156 valence electrons. The van der Waals surface area contributed by atoms with E-state index < -0.39 is 17.6 Å². The van der Waals surface area contributed by atoms with Crippen LogP contribution in [0.2, 0.25) is 0 Å². The van der Waals surface area contributed by atoms with Crippen LogP contribution in [-0.2, 0) is 17.6 Å². The number of amides is 1. The van der Waals surface area contributed by atoms with E-state index in [2.05, 4.69) is 5.32 Å². The van der Waals surface area contributed by atoms with Crippen molar-refractivity contribution < 1.29 is 27.4 Å². The highest BCUT2D eigenvalue weighted by atomic mass is 19.4. The van der Waals surface area contributed by atoms with Gasteiger partial charge in [-0.25, -0.2) is 0 Å². The Labute approximate surface area is 171 Å². The number of hydrogen-bond donors (Lipinski definition) is 1. The van der Waals surface area contributed by atoms with Crippen molar-refractivity contribution in [2.75, 3.05) is 7.11 Å². The van der Waals surface area contributed by atoms with Crippen molar-refractivity contribution in [1.29, 1.82) is 5.26 Å². The molecule has 1 aliphatic carbocycles. The van der Waals surface area contributed by atoms with Gasteiger partial charge in [-0.1, -0.05) is 12.1 Å². The molecule has 0 spiro atoms. The number of alkyl halides is 3. The summed E-state index contributed by atoms with van der Waals surface area (Å²) in [7, 11) is 1.46. The van der Waals surface area contributed by atoms with Crippen LogP contribution in [0.4, 0.5) is 13.2 Å². The Bertz CT molecular complexity index is 1010. The lowest BCUT2D eigenvalue weighted by molar-refractivity contribution is -0.137. The highest BCUT2D eigenvalue weighted by molar-refractivity contribution is 6.02. The number of carbonyl (C=O) groups is 1. The van der Waals surface area contributed by atoms with Gasteiger partial charge in [-0.3, -0.25) is 4.79 Å². The Morgan fingerprint density at radius 1 is 1.27 bits per heavy atom. The minimum absolute atomic E-state index is 0.0307. The Morgan fingerprint density at radius 2 is 2.03 bits per heavy atom. The van der Waals surface area contributed by atoms with Gasteiger partial charge in [-0.05, 0) is 54.8 Å². The van der Waals surface area contributed by atoms with Crippen LogP contribution in [-0.4, -0.2) is 19.1 Å². The molecule has 1 N–H and O–H groups in total. The smallest absolute Gasteiger partial charge is 0.416 e. The lowest BCUT2D eigenvalue weighted by atomic mass is 10.1. The standard InChI is InChI=1S/C22H19F3N2O3/c1-29-20-8-5-14(9-15(12-26)21(28)27-18-6-7-18)10-16(20)13-30-19-4-2-3-17(11-19)22(23,24)25/h2-5,8-11,18H,6-7,13H2,1H3,(H,27,28). The topological polar surface area (TPSA) is 71.3 Å². The molecule has 0 radical (unpaired) electrons. The number of carbonyl (C=O) groups excluding carboxylic acids is 1. The normalized spacial score (nSPS) is 14.0. The lowest BCUT2D eigenvalue weighted by Gasteiger charge is -2.13. The summed E-state index contributed by atoms with van der Waals surface area (Å²) in [5, 5.41) is 12.0. The third kappa shape index (κ3) is 5.54. The quantitative estimate of drug-likeness (QED) is 0.534. The van der Waals surface area contributed by atoms with Crippen molar-refractivity contribution in [3.63, 3.8) is 0 Å². The number of nitriles is 1. The molecule has 1 aliphatic rings. The second kappa shape index (κ2) is 8.91. The first-order valence-corrected chi connectivity index (χ1v) is 9.20. The summed E-state index contributed by atoms with van der Waals surface area (Å²) in [5.74, 6) is 0.104. The number of methoxy groups -OCH3 is 1. The Balaban J connectivity index is 1.78. The molecule has 0 atom stereocenters. The first-order chi connectivity index (χ1) is 14.3. The monoisotopic (exact) mass is 416 g/mol. The maximum atomic E-state index is 12.9. The number of rotatable bonds is 7. The zero-order chi connectivity index (χ0) is 21.7. The second-order valence-electron chi connectivity index (χ2n) is 6.80. The molecule has 1 saturated carbocycles. The van der Waals surface area contributed by atoms with Crippen LogP contribution in [0, 0.1) is 11.3 Å². The number of nitrogens with one attached hydrogen (secondary N) is 1. The number of benzene rings is 2. The van der Waals surface area contributed by atoms with E-state index in [0.29, 0.717) is 16.9 Å². The summed E-state index contributed by atoms with van der Waals surface area (Å²) in [6.07, 6.45) is -1.20. The maximum absolute atomic E-state index is 12.9. The third-order valence-corrected chi connectivity index (χ3v) is 4.45. The minimum Gasteiger partial charge on any atom is -0.496 e. The fraction of sp³-hybridized carbons (Fsp3) is 0.273. The molecule has 0 aromatic heterocycles. The van der Waals surface area contributed by atoms with Crippen LogP contribution in [0.5, 0.6) is 11.5 Å².